The van der Waals surface area contributed by atoms with Gasteiger partial charge in [-0.05, 0) is 17.2 Å². The van der Waals surface area contributed by atoms with Crippen LogP contribution in [0, 0.1) is 5.95 Å². The van der Waals surface area contributed by atoms with Crippen molar-refractivity contribution >= 4 is 5.69 Å². The van der Waals surface area contributed by atoms with Crippen LogP contribution in [0.5, 0.6) is 0 Å². The van der Waals surface area contributed by atoms with E-state index >= 15 is 0 Å². The lowest BCUT2D eigenvalue weighted by molar-refractivity contribution is 0.584. The molecular formula is C18H15FN2. The van der Waals surface area contributed by atoms with Crippen LogP contribution >= 0.6 is 0 Å². The highest BCUT2D eigenvalue weighted by atomic mass is 19.1. The van der Waals surface area contributed by atoms with Gasteiger partial charge in [-0.15, -0.1) is 0 Å². The van der Waals surface area contributed by atoms with Crippen LogP contribution in [0.25, 0.3) is 0 Å². The zero-order chi connectivity index (χ0) is 14.5. The summed E-state index contributed by atoms with van der Waals surface area (Å²) >= 11 is 0. The number of nitrogens with one attached hydrogen (secondary N) is 1. The Kier molecular flexibility index (Phi) is 3.92. The number of pyridine rings is 1. The zero-order valence-electron chi connectivity index (χ0n) is 11.4. The first kappa shape index (κ1) is 13.3. The maximum Gasteiger partial charge on any atom is 0.214 e. The second-order valence-corrected chi connectivity index (χ2v) is 4.77. The summed E-state index contributed by atoms with van der Waals surface area (Å²) < 4.78 is 13.3. The maximum atomic E-state index is 13.3. The Morgan fingerprint density at radius 1 is 0.810 bits per heavy atom. The van der Waals surface area contributed by atoms with Crippen molar-refractivity contribution in [3.05, 3.63) is 96.1 Å². The molecule has 1 aromatic heterocycles. The summed E-state index contributed by atoms with van der Waals surface area (Å²) in [5.41, 5.74) is 2.96. The first-order chi connectivity index (χ1) is 10.3. The third-order valence-corrected chi connectivity index (χ3v) is 3.30. The van der Waals surface area contributed by atoms with Gasteiger partial charge in [-0.1, -0.05) is 60.7 Å². The molecule has 0 fully saturated rings. The van der Waals surface area contributed by atoms with Crippen molar-refractivity contribution in [2.75, 3.05) is 5.32 Å². The van der Waals surface area contributed by atoms with Gasteiger partial charge in [0, 0.05) is 18.0 Å². The Labute approximate surface area is 123 Å². The predicted molar refractivity (Wildman–Crippen MR) is 82.5 cm³/mol. The number of hydrogen-bond donors (Lipinski definition) is 1. The molecule has 104 valence electrons. The Morgan fingerprint density at radius 3 is 1.90 bits per heavy atom. The molecule has 0 aliphatic carbocycles. The lowest BCUT2D eigenvalue weighted by Crippen LogP contribution is -2.12. The third-order valence-electron chi connectivity index (χ3n) is 3.30. The van der Waals surface area contributed by atoms with Crippen LogP contribution in [0.1, 0.15) is 17.2 Å². The predicted octanol–water partition coefficient (Wildman–Crippen LogP) is 4.42. The van der Waals surface area contributed by atoms with Crippen molar-refractivity contribution in [3.63, 3.8) is 0 Å². The van der Waals surface area contributed by atoms with Gasteiger partial charge in [0.1, 0.15) is 0 Å². The van der Waals surface area contributed by atoms with Crippen LogP contribution in [0.4, 0.5) is 10.1 Å². The van der Waals surface area contributed by atoms with E-state index in [1.165, 1.54) is 12.3 Å². The van der Waals surface area contributed by atoms with Crippen LogP contribution in [0.15, 0.2) is 79.0 Å². The van der Waals surface area contributed by atoms with Crippen LogP contribution in [-0.4, -0.2) is 4.98 Å². The van der Waals surface area contributed by atoms with Crippen LogP contribution < -0.4 is 5.32 Å². The number of nitrogens with zero attached hydrogens (tertiary/aromatic N) is 1. The van der Waals surface area contributed by atoms with Crippen LogP contribution in [-0.2, 0) is 0 Å². The molecule has 21 heavy (non-hydrogen) atoms. The van der Waals surface area contributed by atoms with Gasteiger partial charge in [-0.2, -0.15) is 4.39 Å². The van der Waals surface area contributed by atoms with Gasteiger partial charge >= 0.3 is 0 Å². The van der Waals surface area contributed by atoms with Crippen LogP contribution in [0.3, 0.4) is 0 Å². The van der Waals surface area contributed by atoms with Gasteiger partial charge < -0.3 is 5.32 Å². The molecule has 0 aliphatic rings. The highest BCUT2D eigenvalue weighted by molar-refractivity contribution is 5.48. The van der Waals surface area contributed by atoms with E-state index in [-0.39, 0.29) is 6.04 Å². The molecular weight excluding hydrogens is 263 g/mol. The molecule has 0 radical (unpaired) electrons. The molecule has 2 aromatic carbocycles. The van der Waals surface area contributed by atoms with Crippen LogP contribution in [0.2, 0.25) is 0 Å². The summed E-state index contributed by atoms with van der Waals surface area (Å²) in [6, 6.07) is 23.3. The van der Waals surface area contributed by atoms with Crippen molar-refractivity contribution in [3.8, 4) is 0 Å². The normalized spacial score (nSPS) is 10.6. The van der Waals surface area contributed by atoms with Crippen molar-refractivity contribution in [2.24, 2.45) is 0 Å². The number of aromatic nitrogens is 1. The summed E-state index contributed by atoms with van der Waals surface area (Å²) in [7, 11) is 0. The first-order valence-electron chi connectivity index (χ1n) is 6.81. The SMILES string of the molecule is Fc1cc(NC(c2ccccc2)c2ccccc2)ccn1. The minimum Gasteiger partial charge on any atom is -0.374 e. The second kappa shape index (κ2) is 6.18. The quantitative estimate of drug-likeness (QED) is 0.714. The van der Waals surface area contributed by atoms with E-state index in [0.29, 0.717) is 5.69 Å². The average Bonchev–Trinajstić information content (AvgIpc) is 2.54. The molecule has 3 aromatic rings. The molecule has 0 bridgehead atoms. The second-order valence-electron chi connectivity index (χ2n) is 4.77. The highest BCUT2D eigenvalue weighted by Gasteiger charge is 2.13. The number of rotatable bonds is 4. The number of benzene rings is 2. The van der Waals surface area contributed by atoms with Gasteiger partial charge in [0.25, 0.3) is 0 Å². The summed E-state index contributed by atoms with van der Waals surface area (Å²) in [5.74, 6) is -0.486. The molecule has 1 heterocycles. The largest absolute Gasteiger partial charge is 0.374 e. The molecule has 0 aliphatic heterocycles. The first-order valence-corrected chi connectivity index (χ1v) is 6.81. The van der Waals surface area contributed by atoms with E-state index in [1.54, 1.807) is 6.07 Å². The minimum absolute atomic E-state index is 0.0331. The molecule has 0 atom stereocenters. The minimum atomic E-state index is -0.486. The average molecular weight is 278 g/mol. The number of halogens is 1. The molecule has 1 N–H and O–H groups in total. The Morgan fingerprint density at radius 2 is 1.38 bits per heavy atom. The monoisotopic (exact) mass is 278 g/mol. The van der Waals surface area contributed by atoms with Crippen molar-refractivity contribution in [2.45, 2.75) is 6.04 Å². The van der Waals surface area contributed by atoms with E-state index in [2.05, 4.69) is 34.6 Å². The van der Waals surface area contributed by atoms with E-state index < -0.39 is 5.95 Å². The third kappa shape index (κ3) is 3.26. The van der Waals surface area contributed by atoms with E-state index in [1.807, 2.05) is 36.4 Å². The molecule has 0 amide bonds. The maximum absolute atomic E-state index is 13.3. The standard InChI is InChI=1S/C18H15FN2/c19-17-13-16(11-12-20-17)21-18(14-7-3-1-4-8-14)15-9-5-2-6-10-15/h1-13,18H,(H,20,21). The summed E-state index contributed by atoms with van der Waals surface area (Å²) in [6.07, 6.45) is 1.46. The molecule has 0 saturated carbocycles. The Balaban J connectivity index is 1.97. The fraction of sp³-hybridized carbons (Fsp3) is 0.0556. The van der Waals surface area contributed by atoms with E-state index in [4.69, 9.17) is 0 Å². The number of anilines is 1. The van der Waals surface area contributed by atoms with Gasteiger partial charge in [0.05, 0.1) is 6.04 Å². The summed E-state index contributed by atoms with van der Waals surface area (Å²) in [6.45, 7) is 0. The number of hydrogen-bond acceptors (Lipinski definition) is 2. The molecule has 2 nitrogen and oxygen atoms in total. The van der Waals surface area contributed by atoms with E-state index in [0.717, 1.165) is 11.1 Å². The van der Waals surface area contributed by atoms with Gasteiger partial charge in [-0.25, -0.2) is 4.98 Å². The lowest BCUT2D eigenvalue weighted by atomic mass is 9.98. The smallest absolute Gasteiger partial charge is 0.214 e. The summed E-state index contributed by atoms with van der Waals surface area (Å²) in [4.78, 5) is 3.59. The Hall–Kier alpha value is -2.68. The Bertz CT molecular complexity index is 659. The van der Waals surface area contributed by atoms with Crippen molar-refractivity contribution < 1.29 is 4.39 Å². The highest BCUT2D eigenvalue weighted by Crippen LogP contribution is 2.26. The molecule has 3 heteroatoms. The lowest BCUT2D eigenvalue weighted by Gasteiger charge is -2.21. The fourth-order valence-electron chi connectivity index (χ4n) is 2.31. The van der Waals surface area contributed by atoms with Gasteiger partial charge in [-0.3, -0.25) is 0 Å². The summed E-state index contributed by atoms with van der Waals surface area (Å²) in [5, 5.41) is 3.37. The van der Waals surface area contributed by atoms with Crippen molar-refractivity contribution in [1.82, 2.24) is 4.98 Å². The zero-order valence-corrected chi connectivity index (χ0v) is 11.4. The van der Waals surface area contributed by atoms with Gasteiger partial charge in [0.15, 0.2) is 0 Å². The molecule has 3 rings (SSSR count). The van der Waals surface area contributed by atoms with Crippen molar-refractivity contribution in [1.29, 1.82) is 0 Å². The van der Waals surface area contributed by atoms with E-state index in [9.17, 15) is 4.39 Å². The molecule has 0 spiro atoms. The van der Waals surface area contributed by atoms with Gasteiger partial charge in [0.2, 0.25) is 5.95 Å². The fourth-order valence-corrected chi connectivity index (χ4v) is 2.31. The topological polar surface area (TPSA) is 24.9 Å². The molecule has 0 unspecified atom stereocenters. The molecule has 0 saturated heterocycles.